The number of amides is 1. The zero-order chi connectivity index (χ0) is 12.3. The molecule has 0 saturated heterocycles. The van der Waals surface area contributed by atoms with Crippen LogP contribution < -0.4 is 5.32 Å². The summed E-state index contributed by atoms with van der Waals surface area (Å²) in [5.41, 5.74) is 0.946. The Morgan fingerprint density at radius 2 is 2.06 bits per heavy atom. The topological polar surface area (TPSA) is 57.8 Å². The van der Waals surface area contributed by atoms with Crippen molar-refractivity contribution in [1.29, 1.82) is 0 Å². The predicted molar refractivity (Wildman–Crippen MR) is 68.4 cm³/mol. The van der Waals surface area contributed by atoms with E-state index in [9.17, 15) is 4.79 Å². The van der Waals surface area contributed by atoms with Gasteiger partial charge in [0.2, 0.25) is 5.91 Å². The highest BCUT2D eigenvalue weighted by Crippen LogP contribution is 2.06. The molecule has 1 rings (SSSR count). The Morgan fingerprint density at radius 1 is 1.29 bits per heavy atom. The molecule has 0 fully saturated rings. The number of hydrogen-bond donors (Lipinski definition) is 2. The van der Waals surface area contributed by atoms with E-state index in [0.29, 0.717) is 13.0 Å². The van der Waals surface area contributed by atoms with Crippen molar-refractivity contribution in [1.82, 2.24) is 15.5 Å². The lowest BCUT2D eigenvalue weighted by atomic mass is 10.1. The van der Waals surface area contributed by atoms with E-state index in [1.54, 1.807) is 6.20 Å². The molecule has 0 bridgehead atoms. The van der Waals surface area contributed by atoms with E-state index in [2.05, 4.69) is 22.4 Å². The normalized spacial score (nSPS) is 10.4. The molecule has 0 aromatic carbocycles. The van der Waals surface area contributed by atoms with Gasteiger partial charge in [-0.2, -0.15) is 5.10 Å². The van der Waals surface area contributed by atoms with Gasteiger partial charge in [0, 0.05) is 12.6 Å². The zero-order valence-electron chi connectivity index (χ0n) is 10.7. The first kappa shape index (κ1) is 13.7. The van der Waals surface area contributed by atoms with E-state index in [-0.39, 0.29) is 5.91 Å². The van der Waals surface area contributed by atoms with Crippen LogP contribution in [0.2, 0.25) is 0 Å². The standard InChI is InChI=1S/C13H23N3O/c1-2-3-4-5-6-7-8-13(17)14-11-12-9-10-15-16-12/h9-10H,2-8,11H2,1H3,(H,14,17)(H,15,16). The molecule has 0 aliphatic carbocycles. The Hall–Kier alpha value is -1.32. The number of nitrogens with one attached hydrogen (secondary N) is 2. The van der Waals surface area contributed by atoms with Gasteiger partial charge in [0.25, 0.3) is 0 Å². The van der Waals surface area contributed by atoms with Crippen LogP contribution in [0.5, 0.6) is 0 Å². The van der Waals surface area contributed by atoms with Crippen molar-refractivity contribution < 1.29 is 4.79 Å². The van der Waals surface area contributed by atoms with Gasteiger partial charge in [0.05, 0.1) is 12.2 Å². The monoisotopic (exact) mass is 237 g/mol. The molecule has 1 amide bonds. The Bertz CT molecular complexity index is 296. The third-order valence-corrected chi connectivity index (χ3v) is 2.79. The SMILES string of the molecule is CCCCCCCCC(=O)NCc1ccn[nH]1. The van der Waals surface area contributed by atoms with Gasteiger partial charge in [-0.25, -0.2) is 0 Å². The van der Waals surface area contributed by atoms with Crippen LogP contribution >= 0.6 is 0 Å². The van der Waals surface area contributed by atoms with Crippen molar-refractivity contribution in [3.63, 3.8) is 0 Å². The fourth-order valence-electron chi connectivity index (χ4n) is 1.73. The maximum Gasteiger partial charge on any atom is 0.220 e. The highest BCUT2D eigenvalue weighted by atomic mass is 16.1. The Morgan fingerprint density at radius 3 is 2.76 bits per heavy atom. The second kappa shape index (κ2) is 8.79. The molecule has 0 saturated carbocycles. The number of carbonyl (C=O) groups excluding carboxylic acids is 1. The van der Waals surface area contributed by atoms with Crippen molar-refractivity contribution in [2.45, 2.75) is 58.4 Å². The van der Waals surface area contributed by atoms with E-state index in [4.69, 9.17) is 0 Å². The van der Waals surface area contributed by atoms with E-state index < -0.39 is 0 Å². The van der Waals surface area contributed by atoms with Gasteiger partial charge in [0.15, 0.2) is 0 Å². The highest BCUT2D eigenvalue weighted by Gasteiger charge is 2.01. The van der Waals surface area contributed by atoms with Gasteiger partial charge in [0.1, 0.15) is 0 Å². The van der Waals surface area contributed by atoms with E-state index in [1.165, 1.54) is 25.7 Å². The fourth-order valence-corrected chi connectivity index (χ4v) is 1.73. The van der Waals surface area contributed by atoms with Crippen LogP contribution in [0, 0.1) is 0 Å². The van der Waals surface area contributed by atoms with Crippen LogP contribution in [0.25, 0.3) is 0 Å². The van der Waals surface area contributed by atoms with Gasteiger partial charge in [-0.15, -0.1) is 0 Å². The minimum Gasteiger partial charge on any atom is -0.350 e. The molecule has 1 aromatic heterocycles. The maximum absolute atomic E-state index is 11.5. The number of rotatable bonds is 9. The summed E-state index contributed by atoms with van der Waals surface area (Å²) in [6.07, 6.45) is 9.62. The van der Waals surface area contributed by atoms with Crippen molar-refractivity contribution in [2.24, 2.45) is 0 Å². The molecule has 1 heterocycles. The first-order chi connectivity index (χ1) is 8.33. The number of aromatic nitrogens is 2. The first-order valence-corrected chi connectivity index (χ1v) is 6.58. The number of nitrogens with zero attached hydrogens (tertiary/aromatic N) is 1. The van der Waals surface area contributed by atoms with E-state index in [1.807, 2.05) is 6.07 Å². The Balaban J connectivity index is 1.94. The summed E-state index contributed by atoms with van der Waals surface area (Å²) in [7, 11) is 0. The summed E-state index contributed by atoms with van der Waals surface area (Å²) in [4.78, 5) is 11.5. The first-order valence-electron chi connectivity index (χ1n) is 6.58. The van der Waals surface area contributed by atoms with Crippen molar-refractivity contribution in [2.75, 3.05) is 0 Å². The minimum absolute atomic E-state index is 0.134. The summed E-state index contributed by atoms with van der Waals surface area (Å²) in [6, 6.07) is 1.87. The second-order valence-corrected chi connectivity index (χ2v) is 4.38. The molecule has 0 aliphatic rings. The molecule has 0 atom stereocenters. The summed E-state index contributed by atoms with van der Waals surface area (Å²) in [5, 5.41) is 9.52. The average molecular weight is 237 g/mol. The third-order valence-electron chi connectivity index (χ3n) is 2.79. The van der Waals surface area contributed by atoms with Crippen LogP contribution in [0.3, 0.4) is 0 Å². The number of carbonyl (C=O) groups is 1. The zero-order valence-corrected chi connectivity index (χ0v) is 10.7. The molecule has 0 spiro atoms. The van der Waals surface area contributed by atoms with Crippen LogP contribution in [0.1, 0.15) is 57.6 Å². The number of unbranched alkanes of at least 4 members (excludes halogenated alkanes) is 5. The van der Waals surface area contributed by atoms with Crippen LogP contribution in [0.4, 0.5) is 0 Å². The molecule has 2 N–H and O–H groups in total. The van der Waals surface area contributed by atoms with Gasteiger partial charge in [-0.3, -0.25) is 9.89 Å². The molecule has 0 radical (unpaired) electrons. The number of H-pyrrole nitrogens is 1. The fraction of sp³-hybridized carbons (Fsp3) is 0.692. The number of hydrogen-bond acceptors (Lipinski definition) is 2. The quantitative estimate of drug-likeness (QED) is 0.649. The van der Waals surface area contributed by atoms with Crippen LogP contribution in [-0.2, 0) is 11.3 Å². The minimum atomic E-state index is 0.134. The average Bonchev–Trinajstić information content (AvgIpc) is 2.84. The molecular weight excluding hydrogens is 214 g/mol. The lowest BCUT2D eigenvalue weighted by Crippen LogP contribution is -2.22. The van der Waals surface area contributed by atoms with Gasteiger partial charge in [-0.05, 0) is 12.5 Å². The summed E-state index contributed by atoms with van der Waals surface area (Å²) < 4.78 is 0. The summed E-state index contributed by atoms with van der Waals surface area (Å²) in [5.74, 6) is 0.134. The van der Waals surface area contributed by atoms with Gasteiger partial charge in [-0.1, -0.05) is 39.0 Å². The van der Waals surface area contributed by atoms with Gasteiger partial charge >= 0.3 is 0 Å². The lowest BCUT2D eigenvalue weighted by Gasteiger charge is -2.03. The molecular formula is C13H23N3O. The smallest absolute Gasteiger partial charge is 0.220 e. The van der Waals surface area contributed by atoms with Crippen molar-refractivity contribution in [3.8, 4) is 0 Å². The van der Waals surface area contributed by atoms with E-state index >= 15 is 0 Å². The number of aromatic amines is 1. The highest BCUT2D eigenvalue weighted by molar-refractivity contribution is 5.75. The molecule has 96 valence electrons. The predicted octanol–water partition coefficient (Wildman–Crippen LogP) is 2.78. The third kappa shape index (κ3) is 6.76. The molecule has 4 heteroatoms. The molecule has 1 aromatic rings. The largest absolute Gasteiger partial charge is 0.350 e. The molecule has 4 nitrogen and oxygen atoms in total. The lowest BCUT2D eigenvalue weighted by molar-refractivity contribution is -0.121. The molecule has 0 unspecified atom stereocenters. The molecule has 17 heavy (non-hydrogen) atoms. The van der Waals surface area contributed by atoms with Crippen molar-refractivity contribution >= 4 is 5.91 Å². The summed E-state index contributed by atoms with van der Waals surface area (Å²) >= 11 is 0. The van der Waals surface area contributed by atoms with Gasteiger partial charge < -0.3 is 5.32 Å². The Kier molecular flexibility index (Phi) is 7.11. The van der Waals surface area contributed by atoms with Crippen molar-refractivity contribution in [3.05, 3.63) is 18.0 Å². The second-order valence-electron chi connectivity index (χ2n) is 4.38. The maximum atomic E-state index is 11.5. The van der Waals surface area contributed by atoms with E-state index in [0.717, 1.165) is 18.5 Å². The Labute approximate surface area is 103 Å². The van der Waals surface area contributed by atoms with Crippen LogP contribution in [-0.4, -0.2) is 16.1 Å². The van der Waals surface area contributed by atoms with Crippen LogP contribution in [0.15, 0.2) is 12.3 Å². The molecule has 0 aliphatic heterocycles. The summed E-state index contributed by atoms with van der Waals surface area (Å²) in [6.45, 7) is 2.76.